The maximum absolute atomic E-state index is 12.5. The number of aliphatic hydroxyl groups is 1. The normalized spacial score (nSPS) is 14.4. The van der Waals surface area contributed by atoms with Gasteiger partial charge in [0.05, 0.1) is 5.56 Å². The predicted octanol–water partition coefficient (Wildman–Crippen LogP) is 1.53. The fourth-order valence-corrected chi connectivity index (χ4v) is 1.41. The standard InChI is InChI=1S/C12H16F3N3O3/c1-6(5-19)7(2)17-11(21)18-9-3-8(12(13,14)15)4-16-10(9)20/h3-4,6-7,19H,5H2,1-2H3,(H,16,20)(H2,17,18,21). The van der Waals surface area contributed by atoms with Gasteiger partial charge in [0.15, 0.2) is 0 Å². The summed E-state index contributed by atoms with van der Waals surface area (Å²) in [5.74, 6) is -0.240. The molecule has 1 heterocycles. The fourth-order valence-electron chi connectivity index (χ4n) is 1.41. The van der Waals surface area contributed by atoms with E-state index >= 15 is 0 Å². The van der Waals surface area contributed by atoms with Crippen LogP contribution >= 0.6 is 0 Å². The number of amides is 2. The summed E-state index contributed by atoms with van der Waals surface area (Å²) in [6, 6.07) is -0.689. The summed E-state index contributed by atoms with van der Waals surface area (Å²) in [6.45, 7) is 3.14. The average molecular weight is 307 g/mol. The van der Waals surface area contributed by atoms with E-state index in [-0.39, 0.29) is 12.5 Å². The first kappa shape index (κ1) is 17.0. The van der Waals surface area contributed by atoms with E-state index in [0.29, 0.717) is 12.3 Å². The Morgan fingerprint density at radius 3 is 2.57 bits per heavy atom. The molecule has 6 nitrogen and oxygen atoms in total. The molecular formula is C12H16F3N3O3. The van der Waals surface area contributed by atoms with Crippen molar-refractivity contribution in [3.8, 4) is 0 Å². The number of aromatic amines is 1. The maximum atomic E-state index is 12.5. The number of H-pyrrole nitrogens is 1. The number of anilines is 1. The summed E-state index contributed by atoms with van der Waals surface area (Å²) < 4.78 is 37.6. The summed E-state index contributed by atoms with van der Waals surface area (Å²) >= 11 is 0. The van der Waals surface area contributed by atoms with Crippen molar-refractivity contribution in [2.75, 3.05) is 11.9 Å². The van der Waals surface area contributed by atoms with Crippen LogP contribution in [0, 0.1) is 5.92 Å². The van der Waals surface area contributed by atoms with E-state index in [0.717, 1.165) is 0 Å². The van der Waals surface area contributed by atoms with Crippen molar-refractivity contribution in [2.45, 2.75) is 26.1 Å². The van der Waals surface area contributed by atoms with E-state index < -0.39 is 35.1 Å². The van der Waals surface area contributed by atoms with Crippen LogP contribution in [0.25, 0.3) is 0 Å². The van der Waals surface area contributed by atoms with Crippen LogP contribution in [0.5, 0.6) is 0 Å². The van der Waals surface area contributed by atoms with Crippen molar-refractivity contribution in [2.24, 2.45) is 5.92 Å². The molecule has 0 aliphatic carbocycles. The van der Waals surface area contributed by atoms with Crippen LogP contribution in [0.3, 0.4) is 0 Å². The lowest BCUT2D eigenvalue weighted by molar-refractivity contribution is -0.137. The first-order valence-corrected chi connectivity index (χ1v) is 6.13. The molecule has 2 amide bonds. The molecular weight excluding hydrogens is 291 g/mol. The minimum Gasteiger partial charge on any atom is -0.396 e. The van der Waals surface area contributed by atoms with Crippen LogP contribution in [0.15, 0.2) is 17.1 Å². The van der Waals surface area contributed by atoms with Crippen LogP contribution < -0.4 is 16.2 Å². The lowest BCUT2D eigenvalue weighted by Gasteiger charge is -2.19. The van der Waals surface area contributed by atoms with Gasteiger partial charge in [0.2, 0.25) is 0 Å². The molecule has 0 aliphatic heterocycles. The fraction of sp³-hybridized carbons (Fsp3) is 0.500. The molecule has 0 spiro atoms. The third-order valence-corrected chi connectivity index (χ3v) is 2.98. The van der Waals surface area contributed by atoms with Crippen molar-refractivity contribution >= 4 is 11.7 Å². The quantitative estimate of drug-likeness (QED) is 0.679. The molecule has 1 aromatic heterocycles. The molecule has 4 N–H and O–H groups in total. The molecule has 0 fully saturated rings. The number of alkyl halides is 3. The second-order valence-electron chi connectivity index (χ2n) is 4.68. The summed E-state index contributed by atoms with van der Waals surface area (Å²) in [7, 11) is 0. The first-order chi connectivity index (χ1) is 9.65. The zero-order valence-corrected chi connectivity index (χ0v) is 11.4. The summed E-state index contributed by atoms with van der Waals surface area (Å²) in [5.41, 5.74) is -2.43. The Hall–Kier alpha value is -2.03. The molecule has 0 saturated heterocycles. The molecule has 0 radical (unpaired) electrons. The van der Waals surface area contributed by atoms with Crippen LogP contribution in [0.1, 0.15) is 19.4 Å². The lowest BCUT2D eigenvalue weighted by Crippen LogP contribution is -2.41. The largest absolute Gasteiger partial charge is 0.417 e. The van der Waals surface area contributed by atoms with Gasteiger partial charge in [0, 0.05) is 18.8 Å². The number of nitrogens with one attached hydrogen (secondary N) is 3. The average Bonchev–Trinajstić information content (AvgIpc) is 2.38. The van der Waals surface area contributed by atoms with Crippen molar-refractivity contribution in [3.05, 3.63) is 28.2 Å². The van der Waals surface area contributed by atoms with Gasteiger partial charge < -0.3 is 20.7 Å². The van der Waals surface area contributed by atoms with E-state index in [2.05, 4.69) is 10.6 Å². The second kappa shape index (κ2) is 6.61. The molecule has 0 saturated carbocycles. The minimum absolute atomic E-state index is 0.161. The minimum atomic E-state index is -4.63. The maximum Gasteiger partial charge on any atom is 0.417 e. The molecule has 0 aromatic carbocycles. The molecule has 118 valence electrons. The van der Waals surface area contributed by atoms with Crippen molar-refractivity contribution in [1.82, 2.24) is 10.3 Å². The Labute approximate surface area is 118 Å². The topological polar surface area (TPSA) is 94.2 Å². The van der Waals surface area contributed by atoms with E-state index in [1.54, 1.807) is 13.8 Å². The van der Waals surface area contributed by atoms with Crippen molar-refractivity contribution in [3.63, 3.8) is 0 Å². The highest BCUT2D eigenvalue weighted by atomic mass is 19.4. The monoisotopic (exact) mass is 307 g/mol. The van der Waals surface area contributed by atoms with Gasteiger partial charge in [-0.15, -0.1) is 0 Å². The van der Waals surface area contributed by atoms with Crippen LogP contribution in [0.4, 0.5) is 23.7 Å². The van der Waals surface area contributed by atoms with Gasteiger partial charge in [-0.3, -0.25) is 4.79 Å². The third kappa shape index (κ3) is 4.78. The predicted molar refractivity (Wildman–Crippen MR) is 69.9 cm³/mol. The third-order valence-electron chi connectivity index (χ3n) is 2.98. The van der Waals surface area contributed by atoms with Crippen molar-refractivity contribution < 1.29 is 23.1 Å². The number of urea groups is 1. The van der Waals surface area contributed by atoms with Gasteiger partial charge >= 0.3 is 12.2 Å². The number of rotatable bonds is 4. The number of aliphatic hydroxyl groups excluding tert-OH is 1. The highest BCUT2D eigenvalue weighted by Crippen LogP contribution is 2.29. The van der Waals surface area contributed by atoms with Gasteiger partial charge in [-0.1, -0.05) is 6.92 Å². The molecule has 0 bridgehead atoms. The SMILES string of the molecule is CC(CO)C(C)NC(=O)Nc1cc(C(F)(F)F)c[nH]c1=O. The van der Waals surface area contributed by atoms with E-state index in [1.165, 1.54) is 0 Å². The summed E-state index contributed by atoms with van der Waals surface area (Å²) in [4.78, 5) is 24.9. The number of carbonyl (C=O) groups is 1. The van der Waals surface area contributed by atoms with Gasteiger partial charge in [-0.05, 0) is 18.9 Å². The molecule has 2 unspecified atom stereocenters. The number of carbonyl (C=O) groups excluding carboxylic acids is 1. The summed E-state index contributed by atoms with van der Waals surface area (Å²) in [6.07, 6.45) is -4.10. The van der Waals surface area contributed by atoms with Gasteiger partial charge in [0.25, 0.3) is 5.56 Å². The highest BCUT2D eigenvalue weighted by Gasteiger charge is 2.31. The van der Waals surface area contributed by atoms with Crippen LogP contribution in [-0.2, 0) is 6.18 Å². The van der Waals surface area contributed by atoms with Crippen molar-refractivity contribution in [1.29, 1.82) is 0 Å². The number of hydrogen-bond acceptors (Lipinski definition) is 3. The zero-order chi connectivity index (χ0) is 16.2. The van der Waals surface area contributed by atoms with Gasteiger partial charge in [-0.25, -0.2) is 4.79 Å². The Morgan fingerprint density at radius 2 is 2.05 bits per heavy atom. The van der Waals surface area contributed by atoms with Crippen LogP contribution in [-0.4, -0.2) is 28.8 Å². The van der Waals surface area contributed by atoms with Gasteiger partial charge in [0.1, 0.15) is 5.69 Å². The number of pyridine rings is 1. The zero-order valence-electron chi connectivity index (χ0n) is 11.4. The lowest BCUT2D eigenvalue weighted by atomic mass is 10.1. The molecule has 1 rings (SSSR count). The molecule has 21 heavy (non-hydrogen) atoms. The number of hydrogen-bond donors (Lipinski definition) is 4. The summed E-state index contributed by atoms with van der Waals surface area (Å²) in [5, 5.41) is 13.4. The number of halogens is 3. The highest BCUT2D eigenvalue weighted by molar-refractivity contribution is 5.89. The van der Waals surface area contributed by atoms with E-state index in [9.17, 15) is 22.8 Å². The Morgan fingerprint density at radius 1 is 1.43 bits per heavy atom. The van der Waals surface area contributed by atoms with Crippen LogP contribution in [0.2, 0.25) is 0 Å². The number of aromatic nitrogens is 1. The molecule has 2 atom stereocenters. The smallest absolute Gasteiger partial charge is 0.396 e. The second-order valence-corrected chi connectivity index (χ2v) is 4.68. The van der Waals surface area contributed by atoms with E-state index in [1.807, 2.05) is 4.98 Å². The van der Waals surface area contributed by atoms with Gasteiger partial charge in [-0.2, -0.15) is 13.2 Å². The molecule has 0 aliphatic rings. The van der Waals surface area contributed by atoms with E-state index in [4.69, 9.17) is 5.11 Å². The Kier molecular flexibility index (Phi) is 5.36. The Bertz CT molecular complexity index is 557. The first-order valence-electron chi connectivity index (χ1n) is 6.13. The Balaban J connectivity index is 2.83. The molecule has 1 aromatic rings. The molecule has 9 heteroatoms.